The first-order valence-corrected chi connectivity index (χ1v) is 12.8. The molecular formula is C36H21FO. The van der Waals surface area contributed by atoms with Crippen molar-refractivity contribution in [3.8, 4) is 22.3 Å². The molecular weight excluding hydrogens is 467 g/mol. The van der Waals surface area contributed by atoms with E-state index in [1.807, 2.05) is 12.1 Å². The standard InChI is InChI=1S/C36H21FO/c37-24-19-16-23(17-20-24)33-26-10-3-5-12-28(26)34(29-13-6-4-11-27(29)33)30-14-7-15-32-35(30)31-21-18-22-8-1-2-9-25(22)36(31)38-32/h1-21H. The van der Waals surface area contributed by atoms with Crippen molar-refractivity contribution in [2.24, 2.45) is 0 Å². The van der Waals surface area contributed by atoms with Gasteiger partial charge in [0, 0.05) is 16.2 Å². The first-order chi connectivity index (χ1) is 18.8. The zero-order valence-electron chi connectivity index (χ0n) is 20.4. The summed E-state index contributed by atoms with van der Waals surface area (Å²) in [5.41, 5.74) is 6.25. The van der Waals surface area contributed by atoms with Crippen LogP contribution in [0.15, 0.2) is 132 Å². The molecule has 0 N–H and O–H groups in total. The van der Waals surface area contributed by atoms with Gasteiger partial charge in [0.05, 0.1) is 0 Å². The van der Waals surface area contributed by atoms with Crippen LogP contribution in [0.4, 0.5) is 4.39 Å². The molecule has 7 aromatic carbocycles. The summed E-state index contributed by atoms with van der Waals surface area (Å²) in [5.74, 6) is -0.231. The largest absolute Gasteiger partial charge is 0.455 e. The van der Waals surface area contributed by atoms with Crippen LogP contribution in [-0.2, 0) is 0 Å². The van der Waals surface area contributed by atoms with Gasteiger partial charge in [0.25, 0.3) is 0 Å². The molecule has 0 spiro atoms. The van der Waals surface area contributed by atoms with Crippen molar-refractivity contribution in [3.05, 3.63) is 133 Å². The molecule has 0 saturated heterocycles. The first-order valence-electron chi connectivity index (χ1n) is 12.8. The van der Waals surface area contributed by atoms with Crippen molar-refractivity contribution < 1.29 is 8.81 Å². The fourth-order valence-electron chi connectivity index (χ4n) is 6.11. The molecule has 8 rings (SSSR count). The molecule has 0 radical (unpaired) electrons. The van der Waals surface area contributed by atoms with Crippen LogP contribution in [0, 0.1) is 5.82 Å². The van der Waals surface area contributed by atoms with Gasteiger partial charge in [-0.15, -0.1) is 0 Å². The molecule has 0 fully saturated rings. The van der Waals surface area contributed by atoms with E-state index in [2.05, 4.69) is 103 Å². The Labute approximate surface area is 218 Å². The first kappa shape index (κ1) is 21.2. The monoisotopic (exact) mass is 488 g/mol. The summed E-state index contributed by atoms with van der Waals surface area (Å²) in [4.78, 5) is 0. The van der Waals surface area contributed by atoms with Gasteiger partial charge in [0.2, 0.25) is 0 Å². The van der Waals surface area contributed by atoms with E-state index in [1.165, 1.54) is 23.1 Å². The lowest BCUT2D eigenvalue weighted by Gasteiger charge is -2.18. The Morgan fingerprint density at radius 1 is 0.447 bits per heavy atom. The normalized spacial score (nSPS) is 11.8. The van der Waals surface area contributed by atoms with E-state index in [-0.39, 0.29) is 5.82 Å². The van der Waals surface area contributed by atoms with Crippen molar-refractivity contribution in [3.63, 3.8) is 0 Å². The van der Waals surface area contributed by atoms with Gasteiger partial charge in [-0.3, -0.25) is 0 Å². The minimum Gasteiger partial charge on any atom is -0.455 e. The van der Waals surface area contributed by atoms with Crippen molar-refractivity contribution in [1.29, 1.82) is 0 Å². The van der Waals surface area contributed by atoms with E-state index in [4.69, 9.17) is 4.42 Å². The van der Waals surface area contributed by atoms with Crippen LogP contribution in [0.5, 0.6) is 0 Å². The molecule has 38 heavy (non-hydrogen) atoms. The lowest BCUT2D eigenvalue weighted by atomic mass is 9.85. The van der Waals surface area contributed by atoms with E-state index in [9.17, 15) is 4.39 Å². The van der Waals surface area contributed by atoms with Crippen LogP contribution in [-0.4, -0.2) is 0 Å². The smallest absolute Gasteiger partial charge is 0.143 e. The minimum atomic E-state index is -0.231. The highest BCUT2D eigenvalue weighted by molar-refractivity contribution is 6.26. The molecule has 1 heterocycles. The molecule has 0 aliphatic rings. The minimum absolute atomic E-state index is 0.231. The maximum atomic E-state index is 13.8. The van der Waals surface area contributed by atoms with Gasteiger partial charge in [-0.05, 0) is 73.5 Å². The maximum Gasteiger partial charge on any atom is 0.143 e. The van der Waals surface area contributed by atoms with Gasteiger partial charge in [0.15, 0.2) is 0 Å². The van der Waals surface area contributed by atoms with E-state index >= 15 is 0 Å². The number of fused-ring (bicyclic) bond motifs is 7. The van der Waals surface area contributed by atoms with Crippen LogP contribution < -0.4 is 0 Å². The zero-order valence-corrected chi connectivity index (χ0v) is 20.4. The van der Waals surface area contributed by atoms with Gasteiger partial charge < -0.3 is 4.42 Å². The topological polar surface area (TPSA) is 13.1 Å². The quantitative estimate of drug-likeness (QED) is 0.221. The lowest BCUT2D eigenvalue weighted by molar-refractivity contribution is 0.628. The van der Waals surface area contributed by atoms with Crippen LogP contribution >= 0.6 is 0 Å². The molecule has 178 valence electrons. The predicted molar refractivity (Wildman–Crippen MR) is 157 cm³/mol. The van der Waals surface area contributed by atoms with E-state index in [0.717, 1.165) is 65.6 Å². The average Bonchev–Trinajstić information content (AvgIpc) is 3.36. The van der Waals surface area contributed by atoms with Crippen molar-refractivity contribution in [1.82, 2.24) is 0 Å². The predicted octanol–water partition coefficient (Wildman–Crippen LogP) is 10.5. The Balaban J connectivity index is 1.55. The number of rotatable bonds is 2. The highest BCUT2D eigenvalue weighted by atomic mass is 19.1. The Bertz CT molecular complexity index is 2130. The Morgan fingerprint density at radius 3 is 1.74 bits per heavy atom. The van der Waals surface area contributed by atoms with Gasteiger partial charge in [-0.2, -0.15) is 0 Å². The molecule has 0 amide bonds. The van der Waals surface area contributed by atoms with Crippen molar-refractivity contribution >= 4 is 54.3 Å². The second-order valence-electron chi connectivity index (χ2n) is 9.79. The van der Waals surface area contributed by atoms with Crippen molar-refractivity contribution in [2.45, 2.75) is 0 Å². The third-order valence-electron chi connectivity index (χ3n) is 7.72. The molecule has 2 heteroatoms. The van der Waals surface area contributed by atoms with Crippen LogP contribution in [0.1, 0.15) is 0 Å². The molecule has 0 bridgehead atoms. The highest BCUT2D eigenvalue weighted by Gasteiger charge is 2.20. The Morgan fingerprint density at radius 2 is 1.05 bits per heavy atom. The molecule has 0 atom stereocenters. The average molecular weight is 489 g/mol. The number of benzene rings is 7. The molecule has 0 saturated carbocycles. The van der Waals surface area contributed by atoms with Gasteiger partial charge in [0.1, 0.15) is 17.0 Å². The van der Waals surface area contributed by atoms with Crippen LogP contribution in [0.2, 0.25) is 0 Å². The molecule has 0 aliphatic carbocycles. The zero-order chi connectivity index (χ0) is 25.2. The highest BCUT2D eigenvalue weighted by Crippen LogP contribution is 2.47. The summed E-state index contributed by atoms with van der Waals surface area (Å²) in [5, 5.41) is 9.13. The molecule has 1 nitrogen and oxygen atoms in total. The second-order valence-corrected chi connectivity index (χ2v) is 9.79. The summed E-state index contributed by atoms with van der Waals surface area (Å²) in [6.45, 7) is 0. The molecule has 8 aromatic rings. The number of hydrogen-bond acceptors (Lipinski definition) is 1. The number of furan rings is 1. The lowest BCUT2D eigenvalue weighted by Crippen LogP contribution is -1.91. The maximum absolute atomic E-state index is 13.8. The van der Waals surface area contributed by atoms with Gasteiger partial charge in [-0.1, -0.05) is 103 Å². The van der Waals surface area contributed by atoms with Crippen LogP contribution in [0.25, 0.3) is 76.5 Å². The van der Waals surface area contributed by atoms with Crippen LogP contribution in [0.3, 0.4) is 0 Å². The number of hydrogen-bond donors (Lipinski definition) is 0. The van der Waals surface area contributed by atoms with Crippen molar-refractivity contribution in [2.75, 3.05) is 0 Å². The fourth-order valence-corrected chi connectivity index (χ4v) is 6.11. The summed E-state index contributed by atoms with van der Waals surface area (Å²) in [6.07, 6.45) is 0. The van der Waals surface area contributed by atoms with Gasteiger partial charge >= 0.3 is 0 Å². The number of halogens is 1. The van der Waals surface area contributed by atoms with Gasteiger partial charge in [-0.25, -0.2) is 4.39 Å². The van der Waals surface area contributed by atoms with E-state index in [0.29, 0.717) is 0 Å². The van der Waals surface area contributed by atoms with E-state index < -0.39 is 0 Å². The third kappa shape index (κ3) is 2.98. The fraction of sp³-hybridized carbons (Fsp3) is 0. The molecule has 1 aromatic heterocycles. The summed E-state index contributed by atoms with van der Waals surface area (Å²) < 4.78 is 20.4. The summed E-state index contributed by atoms with van der Waals surface area (Å²) in [7, 11) is 0. The molecule has 0 unspecified atom stereocenters. The second kappa shape index (κ2) is 8.03. The Kier molecular flexibility index (Phi) is 4.47. The third-order valence-corrected chi connectivity index (χ3v) is 7.72. The summed E-state index contributed by atoms with van der Waals surface area (Å²) in [6, 6.07) is 43.0. The van der Waals surface area contributed by atoms with E-state index in [1.54, 1.807) is 0 Å². The molecule has 0 aliphatic heterocycles. The SMILES string of the molecule is Fc1ccc(-c2c3ccccc3c(-c3cccc4oc5c6ccccc6ccc5c34)c3ccccc23)cc1. The Hall–Kier alpha value is -4.95. The summed E-state index contributed by atoms with van der Waals surface area (Å²) >= 11 is 0.